The van der Waals surface area contributed by atoms with E-state index in [0.717, 1.165) is 11.1 Å². The van der Waals surface area contributed by atoms with Gasteiger partial charge in [-0.05, 0) is 30.7 Å². The van der Waals surface area contributed by atoms with E-state index in [-0.39, 0.29) is 5.97 Å². The van der Waals surface area contributed by atoms with Gasteiger partial charge >= 0.3 is 5.97 Å². The van der Waals surface area contributed by atoms with Gasteiger partial charge < -0.3 is 4.74 Å². The lowest BCUT2D eigenvalue weighted by Gasteiger charge is -2.01. The Hall–Kier alpha value is -2.35. The normalized spacial score (nSPS) is 10.5. The van der Waals surface area contributed by atoms with Crippen molar-refractivity contribution in [2.75, 3.05) is 0 Å². The molecule has 0 aromatic heterocycles. The highest BCUT2D eigenvalue weighted by molar-refractivity contribution is 5.88. The number of aryl methyl sites for hydroxylation is 1. The molecule has 0 aliphatic rings. The summed E-state index contributed by atoms with van der Waals surface area (Å²) in [6.45, 7) is 1.99. The number of esters is 1. The van der Waals surface area contributed by atoms with Gasteiger partial charge in [0.15, 0.2) is 0 Å². The minimum absolute atomic E-state index is 0.372. The standard InChI is InChI=1S/C16H14O2/c1-13-7-10-15(11-8-13)18-16(17)12-9-14-5-3-2-4-6-14/h2-12H,1H3/b12-9-. The van der Waals surface area contributed by atoms with E-state index in [2.05, 4.69) is 0 Å². The zero-order valence-electron chi connectivity index (χ0n) is 10.2. The topological polar surface area (TPSA) is 26.3 Å². The van der Waals surface area contributed by atoms with Gasteiger partial charge in [0.05, 0.1) is 0 Å². The van der Waals surface area contributed by atoms with Crippen molar-refractivity contribution in [1.82, 2.24) is 0 Å². The Labute approximate surface area is 107 Å². The molecule has 90 valence electrons. The van der Waals surface area contributed by atoms with Crippen molar-refractivity contribution >= 4 is 12.0 Å². The van der Waals surface area contributed by atoms with Crippen LogP contribution in [-0.2, 0) is 4.79 Å². The molecule has 0 fully saturated rings. The lowest BCUT2D eigenvalue weighted by molar-refractivity contribution is -0.128. The SMILES string of the molecule is Cc1ccc(OC(=O)/C=C\c2ccccc2)cc1. The Morgan fingerprint density at radius 3 is 2.33 bits per heavy atom. The predicted molar refractivity (Wildman–Crippen MR) is 72.3 cm³/mol. The number of hydrogen-bond donors (Lipinski definition) is 0. The summed E-state index contributed by atoms with van der Waals surface area (Å²) < 4.78 is 5.17. The molecule has 0 amide bonds. The van der Waals surface area contributed by atoms with Gasteiger partial charge in [0.25, 0.3) is 0 Å². The molecule has 2 heteroatoms. The van der Waals surface area contributed by atoms with Crippen LogP contribution in [0, 0.1) is 6.92 Å². The Kier molecular flexibility index (Phi) is 3.92. The number of rotatable bonds is 3. The van der Waals surface area contributed by atoms with Gasteiger partial charge in [0.2, 0.25) is 0 Å². The summed E-state index contributed by atoms with van der Waals surface area (Å²) in [5.74, 6) is 0.186. The highest BCUT2D eigenvalue weighted by atomic mass is 16.5. The Morgan fingerprint density at radius 1 is 1.00 bits per heavy atom. The molecule has 0 spiro atoms. The van der Waals surface area contributed by atoms with Gasteiger partial charge in [-0.1, -0.05) is 48.0 Å². The summed E-state index contributed by atoms with van der Waals surface area (Å²) in [4.78, 5) is 11.6. The second kappa shape index (κ2) is 5.82. The van der Waals surface area contributed by atoms with Crippen LogP contribution in [0.15, 0.2) is 60.7 Å². The van der Waals surface area contributed by atoms with E-state index < -0.39 is 0 Å². The Balaban J connectivity index is 1.97. The molecule has 0 radical (unpaired) electrons. The first-order valence-electron chi connectivity index (χ1n) is 5.76. The molecule has 0 heterocycles. The van der Waals surface area contributed by atoms with Crippen molar-refractivity contribution in [1.29, 1.82) is 0 Å². The summed E-state index contributed by atoms with van der Waals surface area (Å²) in [7, 11) is 0. The first kappa shape index (κ1) is 12.1. The lowest BCUT2D eigenvalue weighted by Crippen LogP contribution is -2.03. The third-order valence-corrected chi connectivity index (χ3v) is 2.45. The van der Waals surface area contributed by atoms with E-state index in [0.29, 0.717) is 5.75 Å². The lowest BCUT2D eigenvalue weighted by atomic mass is 10.2. The van der Waals surface area contributed by atoms with Crippen LogP contribution in [0.4, 0.5) is 0 Å². The molecule has 0 N–H and O–H groups in total. The van der Waals surface area contributed by atoms with Crippen LogP contribution in [0.3, 0.4) is 0 Å². The number of benzene rings is 2. The van der Waals surface area contributed by atoms with E-state index in [1.807, 2.05) is 49.4 Å². The van der Waals surface area contributed by atoms with E-state index in [9.17, 15) is 4.79 Å². The van der Waals surface area contributed by atoms with Crippen LogP contribution in [0.5, 0.6) is 5.75 Å². The molecule has 0 aliphatic carbocycles. The van der Waals surface area contributed by atoms with Crippen LogP contribution in [0.25, 0.3) is 6.08 Å². The molecule has 0 atom stereocenters. The minimum atomic E-state index is -0.372. The molecule has 0 saturated heterocycles. The number of hydrogen-bond acceptors (Lipinski definition) is 2. The average molecular weight is 238 g/mol. The third kappa shape index (κ3) is 3.59. The van der Waals surface area contributed by atoms with Crippen LogP contribution in [0.2, 0.25) is 0 Å². The van der Waals surface area contributed by atoms with E-state index >= 15 is 0 Å². The number of ether oxygens (including phenoxy) is 1. The summed E-state index contributed by atoms with van der Waals surface area (Å²) >= 11 is 0. The summed E-state index contributed by atoms with van der Waals surface area (Å²) in [6, 6.07) is 17.0. The molecule has 0 unspecified atom stereocenters. The smallest absolute Gasteiger partial charge is 0.336 e. The van der Waals surface area contributed by atoms with E-state index in [1.165, 1.54) is 6.08 Å². The highest BCUT2D eigenvalue weighted by Crippen LogP contribution is 2.12. The minimum Gasteiger partial charge on any atom is -0.423 e. The monoisotopic (exact) mass is 238 g/mol. The quantitative estimate of drug-likeness (QED) is 0.464. The summed E-state index contributed by atoms with van der Waals surface area (Å²) in [6.07, 6.45) is 3.16. The fourth-order valence-corrected chi connectivity index (χ4v) is 1.48. The van der Waals surface area contributed by atoms with Gasteiger partial charge in [0, 0.05) is 6.08 Å². The van der Waals surface area contributed by atoms with Crippen molar-refractivity contribution in [3.05, 3.63) is 71.8 Å². The average Bonchev–Trinajstić information content (AvgIpc) is 2.40. The molecule has 2 aromatic rings. The summed E-state index contributed by atoms with van der Waals surface area (Å²) in [5.41, 5.74) is 2.10. The molecular formula is C16H14O2. The Bertz CT molecular complexity index is 539. The number of carbonyl (C=O) groups excluding carboxylic acids is 1. The molecule has 2 nitrogen and oxygen atoms in total. The van der Waals surface area contributed by atoms with Crippen molar-refractivity contribution in [2.45, 2.75) is 6.92 Å². The van der Waals surface area contributed by atoms with Crippen molar-refractivity contribution in [3.8, 4) is 5.75 Å². The third-order valence-electron chi connectivity index (χ3n) is 2.45. The Morgan fingerprint density at radius 2 is 1.67 bits per heavy atom. The molecule has 0 aliphatic heterocycles. The van der Waals surface area contributed by atoms with Crippen molar-refractivity contribution in [2.24, 2.45) is 0 Å². The zero-order valence-corrected chi connectivity index (χ0v) is 10.2. The number of carbonyl (C=O) groups is 1. The molecular weight excluding hydrogens is 224 g/mol. The van der Waals surface area contributed by atoms with Gasteiger partial charge in [-0.25, -0.2) is 4.79 Å². The van der Waals surface area contributed by atoms with Gasteiger partial charge in [-0.15, -0.1) is 0 Å². The summed E-state index contributed by atoms with van der Waals surface area (Å²) in [5, 5.41) is 0. The highest BCUT2D eigenvalue weighted by Gasteiger charge is 1.99. The van der Waals surface area contributed by atoms with Crippen LogP contribution >= 0.6 is 0 Å². The maximum Gasteiger partial charge on any atom is 0.336 e. The van der Waals surface area contributed by atoms with Crippen molar-refractivity contribution in [3.63, 3.8) is 0 Å². The molecule has 2 rings (SSSR count). The van der Waals surface area contributed by atoms with E-state index in [1.54, 1.807) is 18.2 Å². The van der Waals surface area contributed by atoms with Crippen molar-refractivity contribution < 1.29 is 9.53 Å². The van der Waals surface area contributed by atoms with Gasteiger partial charge in [-0.3, -0.25) is 0 Å². The predicted octanol–water partition coefficient (Wildman–Crippen LogP) is 3.61. The maximum atomic E-state index is 11.6. The van der Waals surface area contributed by atoms with Gasteiger partial charge in [0.1, 0.15) is 5.75 Å². The fourth-order valence-electron chi connectivity index (χ4n) is 1.48. The molecule has 2 aromatic carbocycles. The molecule has 0 bridgehead atoms. The zero-order chi connectivity index (χ0) is 12.8. The van der Waals surface area contributed by atoms with Crippen LogP contribution in [-0.4, -0.2) is 5.97 Å². The largest absolute Gasteiger partial charge is 0.423 e. The van der Waals surface area contributed by atoms with Gasteiger partial charge in [-0.2, -0.15) is 0 Å². The molecule has 18 heavy (non-hydrogen) atoms. The molecule has 0 saturated carbocycles. The van der Waals surface area contributed by atoms with Crippen LogP contribution in [0.1, 0.15) is 11.1 Å². The maximum absolute atomic E-state index is 11.6. The first-order valence-corrected chi connectivity index (χ1v) is 5.76. The van der Waals surface area contributed by atoms with E-state index in [4.69, 9.17) is 4.74 Å². The second-order valence-electron chi connectivity index (χ2n) is 3.98. The first-order chi connectivity index (χ1) is 8.74. The fraction of sp³-hybridized carbons (Fsp3) is 0.0625. The van der Waals surface area contributed by atoms with Crippen LogP contribution < -0.4 is 4.74 Å². The second-order valence-corrected chi connectivity index (χ2v) is 3.98.